The quantitative estimate of drug-likeness (QED) is 0.623. The van der Waals surface area contributed by atoms with Gasteiger partial charge in [-0.3, -0.25) is 4.90 Å². The highest BCUT2D eigenvalue weighted by atomic mass is 15.1. The van der Waals surface area contributed by atoms with Gasteiger partial charge in [0.05, 0.1) is 6.54 Å². The van der Waals surface area contributed by atoms with Gasteiger partial charge in [-0.1, -0.05) is 91.0 Å². The lowest BCUT2D eigenvalue weighted by Crippen LogP contribution is -2.20. The van der Waals surface area contributed by atoms with Crippen LogP contribution in [0.4, 0.5) is 0 Å². The predicted octanol–water partition coefficient (Wildman–Crippen LogP) is 4.90. The molecule has 22 heavy (non-hydrogen) atoms. The normalized spacial score (nSPS) is 10.8. The van der Waals surface area contributed by atoms with Crippen LogP contribution in [0.15, 0.2) is 91.0 Å². The Balaban J connectivity index is 1.75. The average molecular weight is 286 g/mol. The fourth-order valence-corrected chi connectivity index (χ4v) is 2.53. The molecule has 3 aromatic rings. The fraction of sp³-hybridized carbons (Fsp3) is 0.0952. The van der Waals surface area contributed by atoms with Crippen LogP contribution in [-0.2, 0) is 13.1 Å². The molecule has 0 fully saturated rings. The highest BCUT2D eigenvalue weighted by Gasteiger charge is 2.08. The molecule has 0 saturated carbocycles. The van der Waals surface area contributed by atoms with E-state index in [0.29, 0.717) is 0 Å². The highest BCUT2D eigenvalue weighted by molar-refractivity contribution is 5.24. The molecule has 1 radical (unpaired) electrons. The van der Waals surface area contributed by atoms with E-state index in [1.54, 1.807) is 0 Å². The summed E-state index contributed by atoms with van der Waals surface area (Å²) < 4.78 is 0. The van der Waals surface area contributed by atoms with E-state index in [2.05, 4.69) is 102 Å². The van der Waals surface area contributed by atoms with E-state index in [4.69, 9.17) is 0 Å². The molecular weight excluding hydrogens is 266 g/mol. The van der Waals surface area contributed by atoms with Crippen molar-refractivity contribution in [3.8, 4) is 0 Å². The molecule has 0 aromatic heterocycles. The second-order valence-electron chi connectivity index (χ2n) is 5.42. The number of benzene rings is 3. The first-order chi connectivity index (χ1) is 10.9. The molecule has 0 N–H and O–H groups in total. The largest absolute Gasteiger partial charge is 0.286 e. The van der Waals surface area contributed by atoms with Crippen LogP contribution < -0.4 is 0 Å². The van der Waals surface area contributed by atoms with Crippen molar-refractivity contribution in [1.82, 2.24) is 4.90 Å². The molecule has 0 heterocycles. The maximum atomic E-state index is 2.36. The Morgan fingerprint density at radius 1 is 0.545 bits per heavy atom. The Morgan fingerprint density at radius 2 is 0.955 bits per heavy atom. The molecule has 1 nitrogen and oxygen atoms in total. The van der Waals surface area contributed by atoms with E-state index in [1.165, 1.54) is 16.7 Å². The predicted molar refractivity (Wildman–Crippen MR) is 92.0 cm³/mol. The summed E-state index contributed by atoms with van der Waals surface area (Å²) in [5.74, 6) is 0. The van der Waals surface area contributed by atoms with E-state index in [-0.39, 0.29) is 0 Å². The SMILES string of the molecule is [CH](c1ccccc1)N(Cc1ccccc1)Cc1ccccc1. The van der Waals surface area contributed by atoms with Crippen molar-refractivity contribution < 1.29 is 0 Å². The van der Waals surface area contributed by atoms with Gasteiger partial charge < -0.3 is 0 Å². The average Bonchev–Trinajstić information content (AvgIpc) is 2.57. The molecule has 0 bridgehead atoms. The van der Waals surface area contributed by atoms with Crippen LogP contribution in [0.3, 0.4) is 0 Å². The van der Waals surface area contributed by atoms with E-state index in [9.17, 15) is 0 Å². The van der Waals surface area contributed by atoms with Crippen LogP contribution in [0.1, 0.15) is 16.7 Å². The van der Waals surface area contributed by atoms with Crippen LogP contribution in [0.25, 0.3) is 0 Å². The minimum Gasteiger partial charge on any atom is -0.286 e. The van der Waals surface area contributed by atoms with Gasteiger partial charge in [-0.25, -0.2) is 0 Å². The van der Waals surface area contributed by atoms with Crippen molar-refractivity contribution in [3.05, 3.63) is 114 Å². The molecule has 0 spiro atoms. The van der Waals surface area contributed by atoms with E-state index in [0.717, 1.165) is 13.1 Å². The van der Waals surface area contributed by atoms with Crippen LogP contribution in [0, 0.1) is 6.54 Å². The van der Waals surface area contributed by atoms with Gasteiger partial charge in [0.1, 0.15) is 0 Å². The first-order valence-corrected chi connectivity index (χ1v) is 7.62. The van der Waals surface area contributed by atoms with Gasteiger partial charge in [-0.05, 0) is 16.7 Å². The van der Waals surface area contributed by atoms with Crippen LogP contribution >= 0.6 is 0 Å². The molecule has 0 aliphatic rings. The Bertz CT molecular complexity index is 563. The summed E-state index contributed by atoms with van der Waals surface area (Å²) in [5.41, 5.74) is 3.88. The van der Waals surface area contributed by atoms with Gasteiger partial charge in [-0.2, -0.15) is 0 Å². The topological polar surface area (TPSA) is 3.24 Å². The summed E-state index contributed by atoms with van der Waals surface area (Å²) in [4.78, 5) is 2.36. The zero-order valence-corrected chi connectivity index (χ0v) is 12.6. The second kappa shape index (κ2) is 7.58. The van der Waals surface area contributed by atoms with Crippen molar-refractivity contribution in [1.29, 1.82) is 0 Å². The molecule has 3 rings (SSSR count). The maximum Gasteiger partial charge on any atom is 0.0552 e. The van der Waals surface area contributed by atoms with E-state index >= 15 is 0 Å². The summed E-state index contributed by atoms with van der Waals surface area (Å²) in [6.45, 7) is 4.05. The first-order valence-electron chi connectivity index (χ1n) is 7.62. The highest BCUT2D eigenvalue weighted by Crippen LogP contribution is 2.15. The molecular formula is C21H20N. The summed E-state index contributed by atoms with van der Waals surface area (Å²) in [6.07, 6.45) is 0. The minimum absolute atomic E-state index is 0.907. The zero-order chi connectivity index (χ0) is 15.0. The summed E-state index contributed by atoms with van der Waals surface area (Å²) in [6, 6.07) is 31.7. The number of nitrogens with zero attached hydrogens (tertiary/aromatic N) is 1. The lowest BCUT2D eigenvalue weighted by molar-refractivity contribution is 0.329. The van der Waals surface area contributed by atoms with Gasteiger partial charge >= 0.3 is 0 Å². The van der Waals surface area contributed by atoms with E-state index in [1.807, 2.05) is 0 Å². The minimum atomic E-state index is 0.907. The summed E-state index contributed by atoms with van der Waals surface area (Å²) in [7, 11) is 0. The number of hydrogen-bond donors (Lipinski definition) is 0. The van der Waals surface area contributed by atoms with Crippen LogP contribution in [0.5, 0.6) is 0 Å². The first kappa shape index (κ1) is 14.6. The molecule has 3 aromatic carbocycles. The van der Waals surface area contributed by atoms with Crippen molar-refractivity contribution >= 4 is 0 Å². The molecule has 0 aliphatic carbocycles. The van der Waals surface area contributed by atoms with Gasteiger partial charge in [0.15, 0.2) is 0 Å². The zero-order valence-electron chi connectivity index (χ0n) is 12.6. The molecule has 0 saturated heterocycles. The molecule has 0 unspecified atom stereocenters. The summed E-state index contributed by atoms with van der Waals surface area (Å²) >= 11 is 0. The second-order valence-corrected chi connectivity index (χ2v) is 5.42. The Kier molecular flexibility index (Phi) is 5.01. The number of rotatable bonds is 6. The van der Waals surface area contributed by atoms with E-state index < -0.39 is 0 Å². The third-order valence-corrected chi connectivity index (χ3v) is 3.59. The van der Waals surface area contributed by atoms with Gasteiger partial charge in [-0.15, -0.1) is 0 Å². The standard InChI is InChI=1S/C21H20N/c1-4-10-19(11-5-1)16-22(17-20-12-6-2-7-13-20)18-21-14-8-3-9-15-21/h1-16H,17-18H2. The maximum absolute atomic E-state index is 2.36. The van der Waals surface area contributed by atoms with Gasteiger partial charge in [0, 0.05) is 13.1 Å². The monoisotopic (exact) mass is 286 g/mol. The third kappa shape index (κ3) is 4.31. The van der Waals surface area contributed by atoms with Gasteiger partial charge in [0.25, 0.3) is 0 Å². The molecule has 1 heteroatoms. The van der Waals surface area contributed by atoms with Crippen molar-refractivity contribution in [3.63, 3.8) is 0 Å². The molecule has 0 amide bonds. The Morgan fingerprint density at radius 3 is 1.41 bits per heavy atom. The van der Waals surface area contributed by atoms with Crippen LogP contribution in [-0.4, -0.2) is 4.90 Å². The van der Waals surface area contributed by atoms with Crippen molar-refractivity contribution in [2.75, 3.05) is 0 Å². The molecule has 0 aliphatic heterocycles. The Labute approximate surface area is 132 Å². The van der Waals surface area contributed by atoms with Gasteiger partial charge in [0.2, 0.25) is 0 Å². The number of hydrogen-bond acceptors (Lipinski definition) is 1. The lowest BCUT2D eigenvalue weighted by atomic mass is 10.1. The third-order valence-electron chi connectivity index (χ3n) is 3.59. The molecule has 109 valence electrons. The van der Waals surface area contributed by atoms with Crippen LogP contribution in [0.2, 0.25) is 0 Å². The summed E-state index contributed by atoms with van der Waals surface area (Å²) in [5, 5.41) is 0. The van der Waals surface area contributed by atoms with Crippen molar-refractivity contribution in [2.45, 2.75) is 13.1 Å². The van der Waals surface area contributed by atoms with Crippen molar-refractivity contribution in [2.24, 2.45) is 0 Å². The fourth-order valence-electron chi connectivity index (χ4n) is 2.53. The Hall–Kier alpha value is -2.38. The molecule has 0 atom stereocenters. The smallest absolute Gasteiger partial charge is 0.0552 e. The lowest BCUT2D eigenvalue weighted by Gasteiger charge is -2.22.